The van der Waals surface area contributed by atoms with Crippen molar-refractivity contribution in [1.29, 1.82) is 0 Å². The highest BCUT2D eigenvalue weighted by Gasteiger charge is 2.20. The van der Waals surface area contributed by atoms with E-state index >= 15 is 0 Å². The number of nitrogens with zero attached hydrogens (tertiary/aromatic N) is 2. The second-order valence-corrected chi connectivity index (χ2v) is 5.68. The molecule has 0 bridgehead atoms. The van der Waals surface area contributed by atoms with Crippen LogP contribution in [0, 0.1) is 0 Å². The van der Waals surface area contributed by atoms with E-state index in [2.05, 4.69) is 15.3 Å². The number of pyridine rings is 1. The maximum atomic E-state index is 6.39. The van der Waals surface area contributed by atoms with Gasteiger partial charge < -0.3 is 10.1 Å². The van der Waals surface area contributed by atoms with Gasteiger partial charge in [0.15, 0.2) is 0 Å². The molecule has 1 aromatic carbocycles. The summed E-state index contributed by atoms with van der Waals surface area (Å²) < 4.78 is 5.39. The van der Waals surface area contributed by atoms with Gasteiger partial charge in [0.1, 0.15) is 6.61 Å². The molecule has 1 aliphatic rings. The van der Waals surface area contributed by atoms with E-state index in [1.54, 1.807) is 12.3 Å². The Morgan fingerprint density at radius 2 is 2.14 bits per heavy atom. The molecule has 22 heavy (non-hydrogen) atoms. The minimum atomic E-state index is 0.00630. The average molecular weight is 336 g/mol. The molecule has 1 atom stereocenters. The zero-order chi connectivity index (χ0) is 15.4. The number of amidine groups is 1. The first-order chi connectivity index (χ1) is 10.8. The van der Waals surface area contributed by atoms with E-state index in [4.69, 9.17) is 27.9 Å². The van der Waals surface area contributed by atoms with Crippen LogP contribution >= 0.6 is 23.2 Å². The van der Waals surface area contributed by atoms with Gasteiger partial charge in [-0.3, -0.25) is 4.98 Å². The van der Waals surface area contributed by atoms with E-state index in [9.17, 15) is 0 Å². The molecule has 2 heterocycles. The molecule has 4 nitrogen and oxygen atoms in total. The summed E-state index contributed by atoms with van der Waals surface area (Å²) in [6, 6.07) is 10.2. The molecular weight excluding hydrogens is 321 g/mol. The molecule has 6 heteroatoms. The number of hydrogen-bond acceptors (Lipinski definition) is 4. The number of rotatable bonds is 4. The third-order valence-corrected chi connectivity index (χ3v) is 4.32. The molecule has 3 rings (SSSR count). The summed E-state index contributed by atoms with van der Waals surface area (Å²) in [4.78, 5) is 8.44. The van der Waals surface area contributed by atoms with Gasteiger partial charge in [0.05, 0.1) is 16.6 Å². The van der Waals surface area contributed by atoms with Crippen LogP contribution < -0.4 is 5.32 Å². The van der Waals surface area contributed by atoms with E-state index in [1.165, 1.54) is 0 Å². The Morgan fingerprint density at radius 1 is 1.23 bits per heavy atom. The highest BCUT2D eigenvalue weighted by Crippen LogP contribution is 2.34. The van der Waals surface area contributed by atoms with Crippen LogP contribution in [0.4, 0.5) is 0 Å². The summed E-state index contributed by atoms with van der Waals surface area (Å²) in [5, 5.41) is 4.33. The van der Waals surface area contributed by atoms with Gasteiger partial charge in [-0.15, -0.1) is 0 Å². The molecular formula is C16H15Cl2N3O. The number of halogens is 2. The highest BCUT2D eigenvalue weighted by atomic mass is 35.5. The lowest BCUT2D eigenvalue weighted by Gasteiger charge is -2.20. The molecule has 1 unspecified atom stereocenters. The molecule has 0 saturated heterocycles. The van der Waals surface area contributed by atoms with Gasteiger partial charge >= 0.3 is 0 Å². The fourth-order valence-electron chi connectivity index (χ4n) is 2.41. The van der Waals surface area contributed by atoms with Crippen LogP contribution in [0.15, 0.2) is 47.7 Å². The molecule has 114 valence electrons. The van der Waals surface area contributed by atoms with E-state index in [1.807, 2.05) is 30.5 Å². The fourth-order valence-corrected chi connectivity index (χ4v) is 2.85. The van der Waals surface area contributed by atoms with Crippen molar-refractivity contribution in [3.8, 4) is 0 Å². The van der Waals surface area contributed by atoms with Crippen molar-refractivity contribution in [2.75, 3.05) is 19.7 Å². The number of hydrogen-bond donors (Lipinski definition) is 1. The van der Waals surface area contributed by atoms with E-state index < -0.39 is 0 Å². The Balaban J connectivity index is 1.90. The molecule has 0 aliphatic carbocycles. The second kappa shape index (κ2) is 6.99. The first-order valence-electron chi connectivity index (χ1n) is 7.00. The van der Waals surface area contributed by atoms with E-state index in [-0.39, 0.29) is 5.92 Å². The quantitative estimate of drug-likeness (QED) is 0.930. The topological polar surface area (TPSA) is 46.5 Å². The van der Waals surface area contributed by atoms with Crippen LogP contribution in [0.5, 0.6) is 0 Å². The van der Waals surface area contributed by atoms with Gasteiger partial charge in [0.25, 0.3) is 6.02 Å². The fraction of sp³-hybridized carbons (Fsp3) is 0.250. The summed E-state index contributed by atoms with van der Waals surface area (Å²) in [5.74, 6) is 0.00630. The molecule has 0 spiro atoms. The minimum Gasteiger partial charge on any atom is -0.463 e. The third kappa shape index (κ3) is 3.34. The van der Waals surface area contributed by atoms with Crippen molar-refractivity contribution in [2.24, 2.45) is 4.99 Å². The van der Waals surface area contributed by atoms with Gasteiger partial charge in [-0.2, -0.15) is 0 Å². The Hall–Kier alpha value is -1.78. The van der Waals surface area contributed by atoms with Crippen molar-refractivity contribution in [2.45, 2.75) is 5.92 Å². The van der Waals surface area contributed by atoms with Crippen LogP contribution in [0.1, 0.15) is 17.0 Å². The Kier molecular flexibility index (Phi) is 4.80. The summed E-state index contributed by atoms with van der Waals surface area (Å²) in [6.07, 6.45) is 3.58. The lowest BCUT2D eigenvalue weighted by molar-refractivity contribution is 0.331. The molecule has 2 aromatic rings. The smallest absolute Gasteiger partial charge is 0.284 e. The molecule has 0 saturated carbocycles. The van der Waals surface area contributed by atoms with Gasteiger partial charge in [0, 0.05) is 24.9 Å². The molecule has 1 N–H and O–H groups in total. The van der Waals surface area contributed by atoms with Gasteiger partial charge in [0.2, 0.25) is 0 Å². The van der Waals surface area contributed by atoms with Gasteiger partial charge in [-0.25, -0.2) is 4.99 Å². The van der Waals surface area contributed by atoms with Gasteiger partial charge in [-0.05, 0) is 23.3 Å². The van der Waals surface area contributed by atoms with Crippen LogP contribution in [0.2, 0.25) is 10.0 Å². The number of aromatic nitrogens is 1. The first kappa shape index (κ1) is 15.1. The van der Waals surface area contributed by atoms with Crippen LogP contribution in [-0.2, 0) is 4.74 Å². The van der Waals surface area contributed by atoms with Crippen molar-refractivity contribution in [3.63, 3.8) is 0 Å². The van der Waals surface area contributed by atoms with Crippen molar-refractivity contribution >= 4 is 29.2 Å². The minimum absolute atomic E-state index is 0.00630. The molecule has 1 aromatic heterocycles. The number of aliphatic imine (C=N–C) groups is 1. The lowest BCUT2D eigenvalue weighted by atomic mass is 9.92. The Labute approximate surface area is 139 Å². The summed E-state index contributed by atoms with van der Waals surface area (Å²) >= 11 is 12.5. The third-order valence-electron chi connectivity index (χ3n) is 3.49. The van der Waals surface area contributed by atoms with E-state index in [0.717, 1.165) is 11.1 Å². The van der Waals surface area contributed by atoms with Crippen LogP contribution in [-0.4, -0.2) is 30.7 Å². The summed E-state index contributed by atoms with van der Waals surface area (Å²) in [7, 11) is 0. The molecule has 1 aliphatic heterocycles. The number of nitrogens with one attached hydrogen (secondary N) is 1. The van der Waals surface area contributed by atoms with E-state index in [0.29, 0.717) is 35.8 Å². The predicted molar refractivity (Wildman–Crippen MR) is 88.8 cm³/mol. The maximum Gasteiger partial charge on any atom is 0.284 e. The van der Waals surface area contributed by atoms with Crippen LogP contribution in [0.25, 0.3) is 0 Å². The summed E-state index contributed by atoms with van der Waals surface area (Å²) in [6.45, 7) is 1.92. The number of benzene rings is 1. The predicted octanol–water partition coefficient (Wildman–Crippen LogP) is 3.50. The standard InChI is InChI=1S/C16H15Cl2N3O/c17-14-5-1-4-12(15(14)18)13(11-3-2-6-19-9-11)10-21-16-20-7-8-22-16/h1-6,9,13H,7-8,10H2,(H,20,21). The van der Waals surface area contributed by atoms with Crippen molar-refractivity contribution in [3.05, 3.63) is 63.9 Å². The lowest BCUT2D eigenvalue weighted by Crippen LogP contribution is -2.29. The second-order valence-electron chi connectivity index (χ2n) is 4.90. The van der Waals surface area contributed by atoms with Crippen molar-refractivity contribution in [1.82, 2.24) is 10.3 Å². The SMILES string of the molecule is Clc1cccc(C(CNC2=NCCO2)c2cccnc2)c1Cl. The zero-order valence-electron chi connectivity index (χ0n) is 11.8. The average Bonchev–Trinajstić information content (AvgIpc) is 3.06. The maximum absolute atomic E-state index is 6.39. The largest absolute Gasteiger partial charge is 0.463 e. The zero-order valence-corrected chi connectivity index (χ0v) is 13.3. The molecule has 0 fully saturated rings. The Morgan fingerprint density at radius 3 is 2.86 bits per heavy atom. The molecule has 0 amide bonds. The highest BCUT2D eigenvalue weighted by molar-refractivity contribution is 6.42. The monoisotopic (exact) mass is 335 g/mol. The number of ether oxygens (including phenoxy) is 1. The summed E-state index contributed by atoms with van der Waals surface area (Å²) in [5.41, 5.74) is 2.01. The first-order valence-corrected chi connectivity index (χ1v) is 7.76. The van der Waals surface area contributed by atoms with Gasteiger partial charge in [-0.1, -0.05) is 41.4 Å². The normalized spacial score (nSPS) is 15.1. The molecule has 0 radical (unpaired) electrons. The van der Waals surface area contributed by atoms with Crippen molar-refractivity contribution < 1.29 is 4.74 Å². The Bertz CT molecular complexity index is 676. The van der Waals surface area contributed by atoms with Crippen LogP contribution in [0.3, 0.4) is 0 Å².